The van der Waals surface area contributed by atoms with E-state index in [-0.39, 0.29) is 11.3 Å². The second kappa shape index (κ2) is 6.40. The number of anilines is 1. The molecule has 3 nitrogen and oxygen atoms in total. The molecule has 0 spiro atoms. The van der Waals surface area contributed by atoms with Gasteiger partial charge in [0.05, 0.1) is 12.1 Å². The Kier molecular flexibility index (Phi) is 5.12. The molecule has 0 radical (unpaired) electrons. The second-order valence-corrected chi connectivity index (χ2v) is 4.14. The summed E-state index contributed by atoms with van der Waals surface area (Å²) < 4.78 is 50.3. The summed E-state index contributed by atoms with van der Waals surface area (Å²) in [5.41, 5.74) is 0.145. The van der Waals surface area contributed by atoms with Crippen LogP contribution in [0, 0.1) is 5.82 Å². The molecule has 0 bridgehead atoms. The number of halogens is 4. The highest BCUT2D eigenvalue weighted by Crippen LogP contribution is 2.27. The summed E-state index contributed by atoms with van der Waals surface area (Å²) in [5.74, 6) is -1.93. The first-order valence-corrected chi connectivity index (χ1v) is 5.68. The molecule has 0 fully saturated rings. The lowest BCUT2D eigenvalue weighted by Gasteiger charge is -2.22. The maximum Gasteiger partial charge on any atom is 0.390 e. The highest BCUT2D eigenvalue weighted by Gasteiger charge is 2.27. The Bertz CT molecular complexity index is 512. The molecular weight excluding hydrogens is 278 g/mol. The van der Waals surface area contributed by atoms with Crippen molar-refractivity contribution in [3.63, 3.8) is 0 Å². The quantitative estimate of drug-likeness (QED) is 0.668. The van der Waals surface area contributed by atoms with Crippen LogP contribution in [0.1, 0.15) is 12.0 Å². The molecule has 0 heterocycles. The van der Waals surface area contributed by atoms with E-state index in [1.165, 1.54) is 19.2 Å². The number of nitrogens with zero attached hydrogens (tertiary/aromatic N) is 1. The van der Waals surface area contributed by atoms with Gasteiger partial charge in [0, 0.05) is 25.2 Å². The average molecular weight is 291 g/mol. The third-order valence-electron chi connectivity index (χ3n) is 2.54. The molecule has 7 heteroatoms. The molecule has 1 aromatic carbocycles. The number of carboxylic acid groups (broad SMARTS) is 1. The lowest BCUT2D eigenvalue weighted by molar-refractivity contribution is -0.132. The minimum atomic E-state index is -4.34. The Morgan fingerprint density at radius 2 is 2.05 bits per heavy atom. The van der Waals surface area contributed by atoms with Gasteiger partial charge >= 0.3 is 12.1 Å². The molecule has 0 aliphatic heterocycles. The van der Waals surface area contributed by atoms with Crippen LogP contribution in [0.3, 0.4) is 0 Å². The third-order valence-corrected chi connectivity index (χ3v) is 2.54. The minimum Gasteiger partial charge on any atom is -0.478 e. The van der Waals surface area contributed by atoms with Crippen molar-refractivity contribution >= 4 is 17.7 Å². The number of benzene rings is 1. The second-order valence-electron chi connectivity index (χ2n) is 4.14. The van der Waals surface area contributed by atoms with Gasteiger partial charge in [-0.25, -0.2) is 9.18 Å². The number of carbonyl (C=O) groups is 1. The number of hydrogen-bond acceptors (Lipinski definition) is 2. The zero-order valence-corrected chi connectivity index (χ0v) is 10.6. The first-order valence-electron chi connectivity index (χ1n) is 5.68. The predicted octanol–water partition coefficient (Wildman–Crippen LogP) is 3.31. The van der Waals surface area contributed by atoms with Crippen LogP contribution in [0.25, 0.3) is 6.08 Å². The van der Waals surface area contributed by atoms with E-state index >= 15 is 0 Å². The van der Waals surface area contributed by atoms with Crippen molar-refractivity contribution in [1.29, 1.82) is 0 Å². The topological polar surface area (TPSA) is 40.5 Å². The molecule has 0 saturated heterocycles. The lowest BCUT2D eigenvalue weighted by atomic mass is 10.1. The molecule has 20 heavy (non-hydrogen) atoms. The molecule has 110 valence electrons. The zero-order chi connectivity index (χ0) is 15.3. The smallest absolute Gasteiger partial charge is 0.390 e. The van der Waals surface area contributed by atoms with E-state index in [4.69, 9.17) is 5.11 Å². The molecule has 0 aromatic heterocycles. The maximum absolute atomic E-state index is 13.7. The van der Waals surface area contributed by atoms with Gasteiger partial charge in [0.2, 0.25) is 0 Å². The molecule has 0 amide bonds. The van der Waals surface area contributed by atoms with Crippen LogP contribution in [0.4, 0.5) is 23.2 Å². The summed E-state index contributed by atoms with van der Waals surface area (Å²) in [6.07, 6.45) is -3.47. The number of carboxylic acids is 1. The molecule has 0 aliphatic rings. The summed E-state index contributed by atoms with van der Waals surface area (Å²) in [6.45, 7) is -0.418. The Hall–Kier alpha value is -2.05. The maximum atomic E-state index is 13.7. The summed E-state index contributed by atoms with van der Waals surface area (Å²) in [4.78, 5) is 11.6. The van der Waals surface area contributed by atoms with Crippen molar-refractivity contribution in [2.24, 2.45) is 0 Å². The van der Waals surface area contributed by atoms with Crippen molar-refractivity contribution in [2.75, 3.05) is 18.5 Å². The van der Waals surface area contributed by atoms with E-state index in [2.05, 4.69) is 0 Å². The van der Waals surface area contributed by atoms with Gasteiger partial charge in [0.25, 0.3) is 0 Å². The molecule has 0 atom stereocenters. The Morgan fingerprint density at radius 1 is 1.40 bits per heavy atom. The van der Waals surface area contributed by atoms with Crippen LogP contribution in [0.2, 0.25) is 0 Å². The number of hydrogen-bond donors (Lipinski definition) is 1. The summed E-state index contributed by atoms with van der Waals surface area (Å²) in [7, 11) is 1.32. The molecule has 1 rings (SSSR count). The standard InChI is InChI=1S/C13H13F4NO2/c1-18(8-7-13(15,16)17)12-9(5-6-11(19)20)3-2-4-10(12)14/h2-6H,7-8H2,1H3,(H,19,20)/b6-5+. The van der Waals surface area contributed by atoms with Crippen molar-refractivity contribution in [3.8, 4) is 0 Å². The number of aliphatic carboxylic acids is 1. The number of rotatable bonds is 5. The van der Waals surface area contributed by atoms with Gasteiger partial charge in [-0.05, 0) is 12.1 Å². The Balaban J connectivity index is 3.00. The average Bonchev–Trinajstić information content (AvgIpc) is 2.32. The van der Waals surface area contributed by atoms with E-state index in [0.29, 0.717) is 0 Å². The first kappa shape index (κ1) is 16.0. The van der Waals surface area contributed by atoms with Gasteiger partial charge in [-0.3, -0.25) is 0 Å². The Labute approximate surface area is 113 Å². The minimum absolute atomic E-state index is 0.0609. The van der Waals surface area contributed by atoms with E-state index in [9.17, 15) is 22.4 Å². The molecule has 1 aromatic rings. The fourth-order valence-electron chi connectivity index (χ4n) is 1.64. The lowest BCUT2D eigenvalue weighted by Crippen LogP contribution is -2.25. The van der Waals surface area contributed by atoms with Gasteiger partial charge < -0.3 is 10.0 Å². The molecule has 1 N–H and O–H groups in total. The van der Waals surface area contributed by atoms with Gasteiger partial charge in [0.1, 0.15) is 5.82 Å². The normalized spacial score (nSPS) is 11.8. The highest BCUT2D eigenvalue weighted by molar-refractivity contribution is 5.87. The Morgan fingerprint density at radius 3 is 2.60 bits per heavy atom. The van der Waals surface area contributed by atoms with Crippen molar-refractivity contribution in [2.45, 2.75) is 12.6 Å². The van der Waals surface area contributed by atoms with Crippen molar-refractivity contribution in [3.05, 3.63) is 35.7 Å². The van der Waals surface area contributed by atoms with Gasteiger partial charge in [-0.15, -0.1) is 0 Å². The summed E-state index contributed by atoms with van der Waals surface area (Å²) >= 11 is 0. The van der Waals surface area contributed by atoms with Crippen LogP contribution in [-0.2, 0) is 4.79 Å². The molecular formula is C13H13F4NO2. The SMILES string of the molecule is CN(CCC(F)(F)F)c1c(F)cccc1/C=C/C(=O)O. The van der Waals surface area contributed by atoms with Crippen LogP contribution in [0.15, 0.2) is 24.3 Å². The van der Waals surface area contributed by atoms with Gasteiger partial charge in [0.15, 0.2) is 0 Å². The van der Waals surface area contributed by atoms with Crippen molar-refractivity contribution in [1.82, 2.24) is 0 Å². The van der Waals surface area contributed by atoms with Crippen LogP contribution in [-0.4, -0.2) is 30.8 Å². The van der Waals surface area contributed by atoms with E-state index < -0.39 is 30.9 Å². The highest BCUT2D eigenvalue weighted by atomic mass is 19.4. The van der Waals surface area contributed by atoms with E-state index in [1.807, 2.05) is 0 Å². The van der Waals surface area contributed by atoms with E-state index in [0.717, 1.165) is 23.1 Å². The summed E-state index contributed by atoms with van der Waals surface area (Å²) in [6, 6.07) is 3.90. The number of alkyl halides is 3. The zero-order valence-electron chi connectivity index (χ0n) is 10.6. The monoisotopic (exact) mass is 291 g/mol. The number of para-hydroxylation sites is 1. The molecule has 0 saturated carbocycles. The third kappa shape index (κ3) is 4.91. The van der Waals surface area contributed by atoms with Gasteiger partial charge in [-0.1, -0.05) is 12.1 Å². The molecule has 0 aliphatic carbocycles. The summed E-state index contributed by atoms with van der Waals surface area (Å²) in [5, 5.41) is 8.54. The molecule has 0 unspecified atom stereocenters. The van der Waals surface area contributed by atoms with Crippen LogP contribution < -0.4 is 4.90 Å². The van der Waals surface area contributed by atoms with Crippen molar-refractivity contribution < 1.29 is 27.5 Å². The van der Waals surface area contributed by atoms with Crippen LogP contribution >= 0.6 is 0 Å². The largest absolute Gasteiger partial charge is 0.478 e. The fraction of sp³-hybridized carbons (Fsp3) is 0.308. The predicted molar refractivity (Wildman–Crippen MR) is 67.0 cm³/mol. The van der Waals surface area contributed by atoms with E-state index in [1.54, 1.807) is 0 Å². The fourth-order valence-corrected chi connectivity index (χ4v) is 1.64. The van der Waals surface area contributed by atoms with Gasteiger partial charge in [-0.2, -0.15) is 13.2 Å². The van der Waals surface area contributed by atoms with Crippen LogP contribution in [0.5, 0.6) is 0 Å². The first-order chi connectivity index (χ1) is 9.20.